The summed E-state index contributed by atoms with van der Waals surface area (Å²) in [5.74, 6) is 1.38. The van der Waals surface area contributed by atoms with Crippen LogP contribution in [0.15, 0.2) is 29.3 Å². The first-order valence-electron chi connectivity index (χ1n) is 12.7. The minimum atomic E-state index is 0. The average Bonchev–Trinajstić information content (AvgIpc) is 3.30. The third-order valence-corrected chi connectivity index (χ3v) is 7.21. The highest BCUT2D eigenvalue weighted by molar-refractivity contribution is 14.0. The van der Waals surface area contributed by atoms with Crippen molar-refractivity contribution in [3.05, 3.63) is 29.8 Å². The molecule has 1 aromatic carbocycles. The van der Waals surface area contributed by atoms with E-state index in [-0.39, 0.29) is 24.0 Å². The van der Waals surface area contributed by atoms with Gasteiger partial charge in [0, 0.05) is 51.7 Å². The van der Waals surface area contributed by atoms with Gasteiger partial charge in [-0.25, -0.2) is 4.99 Å². The number of rotatable bonds is 11. The summed E-state index contributed by atoms with van der Waals surface area (Å²) < 4.78 is 5.66. The summed E-state index contributed by atoms with van der Waals surface area (Å²) in [6, 6.07) is 8.82. The number of hydrogen-bond acceptors (Lipinski definition) is 4. The topological polar surface area (TPSA) is 69.1 Å². The Kier molecular flexibility index (Phi) is 12.8. The molecule has 1 aliphatic heterocycles. The van der Waals surface area contributed by atoms with Crippen molar-refractivity contribution in [1.82, 2.24) is 10.6 Å². The van der Waals surface area contributed by atoms with Crippen LogP contribution < -0.4 is 15.5 Å². The van der Waals surface area contributed by atoms with Crippen LogP contribution in [0.5, 0.6) is 0 Å². The predicted molar refractivity (Wildman–Crippen MR) is 149 cm³/mol. The lowest BCUT2D eigenvalue weighted by Gasteiger charge is -2.33. The molecule has 6 nitrogen and oxygen atoms in total. The molecule has 2 aliphatic rings. The molecule has 1 heterocycles. The van der Waals surface area contributed by atoms with Crippen LogP contribution >= 0.6 is 24.0 Å². The fraction of sp³-hybridized carbons (Fsp3) is 0.731. The molecule has 3 rings (SSSR count). The van der Waals surface area contributed by atoms with Crippen LogP contribution in [0.3, 0.4) is 0 Å². The summed E-state index contributed by atoms with van der Waals surface area (Å²) in [4.78, 5) is 7.28. The molecule has 188 valence electrons. The van der Waals surface area contributed by atoms with Gasteiger partial charge in [0.1, 0.15) is 0 Å². The van der Waals surface area contributed by atoms with Crippen molar-refractivity contribution in [2.45, 2.75) is 65.3 Å². The highest BCUT2D eigenvalue weighted by atomic mass is 127. The van der Waals surface area contributed by atoms with Gasteiger partial charge in [-0.15, -0.1) is 24.0 Å². The lowest BCUT2D eigenvalue weighted by Crippen LogP contribution is -2.43. The summed E-state index contributed by atoms with van der Waals surface area (Å²) in [5, 5.41) is 16.4. The summed E-state index contributed by atoms with van der Waals surface area (Å²) in [6.07, 6.45) is 8.49. The number of guanidine groups is 1. The van der Waals surface area contributed by atoms with Crippen molar-refractivity contribution in [2.24, 2.45) is 16.3 Å². The van der Waals surface area contributed by atoms with Crippen LogP contribution in [-0.4, -0.2) is 57.1 Å². The van der Waals surface area contributed by atoms with Crippen LogP contribution in [0, 0.1) is 11.3 Å². The van der Waals surface area contributed by atoms with Gasteiger partial charge in [-0.3, -0.25) is 0 Å². The number of nitrogens with one attached hydrogen (secondary N) is 2. The van der Waals surface area contributed by atoms with Crippen LogP contribution in [0.2, 0.25) is 0 Å². The van der Waals surface area contributed by atoms with E-state index in [1.165, 1.54) is 36.9 Å². The summed E-state index contributed by atoms with van der Waals surface area (Å²) in [7, 11) is 0. The van der Waals surface area contributed by atoms with Crippen LogP contribution in [0.1, 0.15) is 64.4 Å². The van der Waals surface area contributed by atoms with E-state index in [4.69, 9.17) is 9.73 Å². The minimum Gasteiger partial charge on any atom is -0.396 e. The van der Waals surface area contributed by atoms with Crippen LogP contribution in [0.25, 0.3) is 0 Å². The molecule has 0 unspecified atom stereocenters. The Bertz CT molecular complexity index is 684. The highest BCUT2D eigenvalue weighted by Crippen LogP contribution is 2.40. The highest BCUT2D eigenvalue weighted by Gasteiger charge is 2.33. The standard InChI is InChI=1S/C26H44N4O2.HI/c1-3-27-25(29-21-26(13-5-6-14-26)15-18-32-4-2)28-19-22-7-9-24(10-8-22)30-16-11-23(20-31)12-17-30;/h7-10,23,31H,3-6,11-21H2,1-2H3,(H2,27,28,29);1H. The number of nitrogens with zero attached hydrogens (tertiary/aromatic N) is 2. The van der Waals surface area contributed by atoms with Gasteiger partial charge in [0.2, 0.25) is 0 Å². The van der Waals surface area contributed by atoms with E-state index in [2.05, 4.69) is 53.6 Å². The number of aliphatic hydroxyl groups is 1. The smallest absolute Gasteiger partial charge is 0.191 e. The van der Waals surface area contributed by atoms with Gasteiger partial charge in [-0.1, -0.05) is 25.0 Å². The molecule has 0 bridgehead atoms. The molecule has 1 aromatic rings. The first-order chi connectivity index (χ1) is 15.7. The number of benzene rings is 1. The summed E-state index contributed by atoms with van der Waals surface area (Å²) >= 11 is 0. The molecule has 0 spiro atoms. The van der Waals surface area contributed by atoms with E-state index in [9.17, 15) is 5.11 Å². The van der Waals surface area contributed by atoms with E-state index in [0.717, 1.165) is 64.6 Å². The van der Waals surface area contributed by atoms with Crippen LogP contribution in [0.4, 0.5) is 5.69 Å². The van der Waals surface area contributed by atoms with Crippen molar-refractivity contribution in [3.8, 4) is 0 Å². The third-order valence-electron chi connectivity index (χ3n) is 7.21. The second kappa shape index (κ2) is 15.0. The Morgan fingerprint density at radius 3 is 2.42 bits per heavy atom. The Morgan fingerprint density at radius 2 is 1.82 bits per heavy atom. The van der Waals surface area contributed by atoms with E-state index < -0.39 is 0 Å². The van der Waals surface area contributed by atoms with E-state index >= 15 is 0 Å². The predicted octanol–water partition coefficient (Wildman–Crippen LogP) is 4.56. The molecule has 0 atom stereocenters. The largest absolute Gasteiger partial charge is 0.396 e. The number of anilines is 1. The lowest BCUT2D eigenvalue weighted by atomic mass is 9.83. The fourth-order valence-electron chi connectivity index (χ4n) is 5.04. The van der Waals surface area contributed by atoms with Crippen molar-refractivity contribution in [2.75, 3.05) is 50.9 Å². The van der Waals surface area contributed by atoms with E-state index in [1.807, 2.05) is 0 Å². The normalized spacial score (nSPS) is 18.8. The molecule has 7 heteroatoms. The van der Waals surface area contributed by atoms with Gasteiger partial charge >= 0.3 is 0 Å². The second-order valence-corrected chi connectivity index (χ2v) is 9.48. The third kappa shape index (κ3) is 8.91. The fourth-order valence-corrected chi connectivity index (χ4v) is 5.04. The second-order valence-electron chi connectivity index (χ2n) is 9.48. The van der Waals surface area contributed by atoms with Crippen molar-refractivity contribution in [3.63, 3.8) is 0 Å². The van der Waals surface area contributed by atoms with Crippen molar-refractivity contribution < 1.29 is 9.84 Å². The molecule has 0 radical (unpaired) electrons. The maximum Gasteiger partial charge on any atom is 0.191 e. The van der Waals surface area contributed by atoms with Gasteiger partial charge in [0.15, 0.2) is 5.96 Å². The zero-order chi connectivity index (χ0) is 22.7. The molecule has 1 saturated heterocycles. The molecule has 1 saturated carbocycles. The first kappa shape index (κ1) is 28.2. The van der Waals surface area contributed by atoms with E-state index in [1.54, 1.807) is 0 Å². The molecular formula is C26H45IN4O2. The van der Waals surface area contributed by atoms with Gasteiger partial charge in [0.05, 0.1) is 6.54 Å². The molecule has 0 aromatic heterocycles. The quantitative estimate of drug-likeness (QED) is 0.157. The Balaban J connectivity index is 0.00000385. The zero-order valence-electron chi connectivity index (χ0n) is 20.7. The van der Waals surface area contributed by atoms with Crippen molar-refractivity contribution >= 4 is 35.6 Å². The Labute approximate surface area is 218 Å². The maximum atomic E-state index is 9.34. The number of ether oxygens (including phenoxy) is 1. The van der Waals surface area contributed by atoms with E-state index in [0.29, 0.717) is 24.5 Å². The Morgan fingerprint density at radius 1 is 1.12 bits per heavy atom. The SMILES string of the molecule is CCNC(=NCc1ccc(N2CCC(CO)CC2)cc1)NCC1(CCOCC)CCCC1.I. The first-order valence-corrected chi connectivity index (χ1v) is 12.7. The van der Waals surface area contributed by atoms with Gasteiger partial charge in [-0.05, 0) is 75.0 Å². The zero-order valence-corrected chi connectivity index (χ0v) is 23.0. The number of aliphatic imine (C=N–C) groups is 1. The monoisotopic (exact) mass is 572 g/mol. The number of hydrogen-bond donors (Lipinski definition) is 3. The molecule has 1 aliphatic carbocycles. The average molecular weight is 573 g/mol. The summed E-state index contributed by atoms with van der Waals surface area (Å²) in [5.41, 5.74) is 2.84. The summed E-state index contributed by atoms with van der Waals surface area (Å²) in [6.45, 7) is 10.7. The lowest BCUT2D eigenvalue weighted by molar-refractivity contribution is 0.105. The van der Waals surface area contributed by atoms with Crippen molar-refractivity contribution in [1.29, 1.82) is 0 Å². The maximum absolute atomic E-state index is 9.34. The molecule has 2 fully saturated rings. The number of piperidine rings is 1. The van der Waals surface area contributed by atoms with Gasteiger partial charge < -0.3 is 25.4 Å². The molecule has 33 heavy (non-hydrogen) atoms. The number of aliphatic hydroxyl groups excluding tert-OH is 1. The Hall–Kier alpha value is -1.06. The minimum absolute atomic E-state index is 0. The van der Waals surface area contributed by atoms with Gasteiger partial charge in [-0.2, -0.15) is 0 Å². The van der Waals surface area contributed by atoms with Gasteiger partial charge in [0.25, 0.3) is 0 Å². The number of halogens is 1. The molecular weight excluding hydrogens is 527 g/mol. The molecule has 3 N–H and O–H groups in total. The molecule has 0 amide bonds. The van der Waals surface area contributed by atoms with Crippen LogP contribution in [-0.2, 0) is 11.3 Å².